The number of carbonyl (C=O) groups excluding carboxylic acids is 1. The number of methoxy groups -OCH3 is 1. The molecule has 2 aromatic heterocycles. The highest BCUT2D eigenvalue weighted by Gasteiger charge is 2.33. The van der Waals surface area contributed by atoms with Crippen molar-refractivity contribution in [2.75, 3.05) is 7.11 Å². The Hall–Kier alpha value is -1.98. The van der Waals surface area contributed by atoms with Crippen molar-refractivity contribution in [3.8, 4) is 0 Å². The van der Waals surface area contributed by atoms with Crippen LogP contribution in [0.4, 0.5) is 13.2 Å². The molecular formula is C11H8F3NO2. The average molecular weight is 243 g/mol. The van der Waals surface area contributed by atoms with Crippen molar-refractivity contribution in [3.05, 3.63) is 41.7 Å². The number of fused-ring (bicyclic) bond motifs is 1. The lowest BCUT2D eigenvalue weighted by Crippen LogP contribution is -2.05. The standard InChI is InChI=1S/C11H8F3NO2/c1-17-10(16)7-2-3-9-8(11(12,13)14)4-5-15(9)6-7/h2-6H,1H3. The summed E-state index contributed by atoms with van der Waals surface area (Å²) in [6.07, 6.45) is -1.84. The zero-order valence-electron chi connectivity index (χ0n) is 8.78. The fraction of sp³-hybridized carbons (Fsp3) is 0.182. The zero-order valence-corrected chi connectivity index (χ0v) is 8.78. The number of pyridine rings is 1. The second-order valence-electron chi connectivity index (χ2n) is 3.43. The molecule has 0 fully saturated rings. The number of ether oxygens (including phenoxy) is 1. The Morgan fingerprint density at radius 1 is 1.29 bits per heavy atom. The normalized spacial score (nSPS) is 11.8. The molecule has 0 amide bonds. The Balaban J connectivity index is 2.56. The van der Waals surface area contributed by atoms with E-state index in [-0.39, 0.29) is 11.1 Å². The molecule has 6 heteroatoms. The van der Waals surface area contributed by atoms with Crippen molar-refractivity contribution < 1.29 is 22.7 Å². The summed E-state index contributed by atoms with van der Waals surface area (Å²) >= 11 is 0. The van der Waals surface area contributed by atoms with Crippen LogP contribution in [0.25, 0.3) is 5.52 Å². The van der Waals surface area contributed by atoms with Crippen LogP contribution in [0.1, 0.15) is 15.9 Å². The lowest BCUT2D eigenvalue weighted by atomic mass is 10.2. The molecule has 0 saturated heterocycles. The predicted molar refractivity (Wildman–Crippen MR) is 53.7 cm³/mol. The third-order valence-electron chi connectivity index (χ3n) is 2.38. The van der Waals surface area contributed by atoms with Gasteiger partial charge in [0.2, 0.25) is 0 Å². The highest BCUT2D eigenvalue weighted by Crippen LogP contribution is 2.33. The number of alkyl halides is 3. The van der Waals surface area contributed by atoms with Crippen LogP contribution in [0.3, 0.4) is 0 Å². The second-order valence-corrected chi connectivity index (χ2v) is 3.43. The van der Waals surface area contributed by atoms with Crippen LogP contribution in [0.5, 0.6) is 0 Å². The van der Waals surface area contributed by atoms with E-state index in [2.05, 4.69) is 4.74 Å². The van der Waals surface area contributed by atoms with E-state index in [0.717, 1.165) is 6.07 Å². The van der Waals surface area contributed by atoms with Crippen LogP contribution in [0.2, 0.25) is 0 Å². The number of nitrogens with zero attached hydrogens (tertiary/aromatic N) is 1. The molecule has 2 rings (SSSR count). The summed E-state index contributed by atoms with van der Waals surface area (Å²) in [5.41, 5.74) is -0.525. The second kappa shape index (κ2) is 3.80. The van der Waals surface area contributed by atoms with Gasteiger partial charge in [0.05, 0.1) is 23.8 Å². The highest BCUT2D eigenvalue weighted by atomic mass is 19.4. The minimum absolute atomic E-state index is 0.00477. The quantitative estimate of drug-likeness (QED) is 0.721. The minimum atomic E-state index is -4.40. The molecular weight excluding hydrogens is 235 g/mol. The molecule has 0 atom stereocenters. The summed E-state index contributed by atoms with van der Waals surface area (Å²) in [6, 6.07) is 3.52. The van der Waals surface area contributed by atoms with Gasteiger partial charge in [0.1, 0.15) is 0 Å². The van der Waals surface area contributed by atoms with Crippen molar-refractivity contribution in [3.63, 3.8) is 0 Å². The monoisotopic (exact) mass is 243 g/mol. The highest BCUT2D eigenvalue weighted by molar-refractivity contribution is 5.89. The lowest BCUT2D eigenvalue weighted by molar-refractivity contribution is -0.136. The van der Waals surface area contributed by atoms with Gasteiger partial charge in [-0.1, -0.05) is 0 Å². The van der Waals surface area contributed by atoms with E-state index in [9.17, 15) is 18.0 Å². The molecule has 0 saturated carbocycles. The topological polar surface area (TPSA) is 30.7 Å². The maximum absolute atomic E-state index is 12.6. The molecule has 90 valence electrons. The summed E-state index contributed by atoms with van der Waals surface area (Å²) in [6.45, 7) is 0. The average Bonchev–Trinajstić information content (AvgIpc) is 2.70. The van der Waals surface area contributed by atoms with Crippen LogP contribution in [0, 0.1) is 0 Å². The van der Waals surface area contributed by atoms with Gasteiger partial charge in [-0.2, -0.15) is 13.2 Å². The number of hydrogen-bond acceptors (Lipinski definition) is 2. The molecule has 0 bridgehead atoms. The van der Waals surface area contributed by atoms with E-state index < -0.39 is 17.7 Å². The van der Waals surface area contributed by atoms with Gasteiger partial charge in [-0.3, -0.25) is 0 Å². The number of aromatic nitrogens is 1. The first kappa shape index (κ1) is 11.5. The van der Waals surface area contributed by atoms with E-state index in [4.69, 9.17) is 0 Å². The van der Waals surface area contributed by atoms with Crippen molar-refractivity contribution in [2.45, 2.75) is 6.18 Å². The number of halogens is 3. The molecule has 0 aliphatic heterocycles. The van der Waals surface area contributed by atoms with E-state index >= 15 is 0 Å². The van der Waals surface area contributed by atoms with Gasteiger partial charge in [0.15, 0.2) is 0 Å². The van der Waals surface area contributed by atoms with E-state index in [0.29, 0.717) is 0 Å². The number of esters is 1. The molecule has 0 unspecified atom stereocenters. The SMILES string of the molecule is COC(=O)c1ccc2c(C(F)(F)F)ccn2c1. The first-order valence-electron chi connectivity index (χ1n) is 4.69. The summed E-state index contributed by atoms with van der Waals surface area (Å²) in [5, 5.41) is 0. The Kier molecular flexibility index (Phi) is 2.57. The van der Waals surface area contributed by atoms with Gasteiger partial charge in [0.25, 0.3) is 0 Å². The third-order valence-corrected chi connectivity index (χ3v) is 2.38. The van der Waals surface area contributed by atoms with Gasteiger partial charge in [0, 0.05) is 12.4 Å². The number of hydrogen-bond donors (Lipinski definition) is 0. The Morgan fingerprint density at radius 2 is 2.00 bits per heavy atom. The van der Waals surface area contributed by atoms with Gasteiger partial charge >= 0.3 is 12.1 Å². The van der Waals surface area contributed by atoms with Crippen LogP contribution >= 0.6 is 0 Å². The summed E-state index contributed by atoms with van der Waals surface area (Å²) in [4.78, 5) is 11.2. The van der Waals surface area contributed by atoms with Crippen molar-refractivity contribution >= 4 is 11.5 Å². The molecule has 17 heavy (non-hydrogen) atoms. The number of carbonyl (C=O) groups is 1. The first-order chi connectivity index (χ1) is 7.93. The molecule has 2 aromatic rings. The molecule has 0 aromatic carbocycles. The van der Waals surface area contributed by atoms with Gasteiger partial charge in [-0.15, -0.1) is 0 Å². The molecule has 3 nitrogen and oxygen atoms in total. The van der Waals surface area contributed by atoms with Gasteiger partial charge < -0.3 is 9.14 Å². The Morgan fingerprint density at radius 3 is 2.59 bits per heavy atom. The summed E-state index contributed by atoms with van der Waals surface area (Å²) in [5.74, 6) is -0.589. The van der Waals surface area contributed by atoms with Crippen molar-refractivity contribution in [1.82, 2.24) is 4.40 Å². The minimum Gasteiger partial charge on any atom is -0.465 e. The molecule has 0 aliphatic carbocycles. The van der Waals surface area contributed by atoms with Crippen molar-refractivity contribution in [2.24, 2.45) is 0 Å². The van der Waals surface area contributed by atoms with Crippen LogP contribution in [-0.2, 0) is 10.9 Å². The fourth-order valence-electron chi connectivity index (χ4n) is 1.59. The van der Waals surface area contributed by atoms with Gasteiger partial charge in [-0.25, -0.2) is 4.79 Å². The first-order valence-corrected chi connectivity index (χ1v) is 4.69. The van der Waals surface area contributed by atoms with Crippen LogP contribution in [0.15, 0.2) is 30.6 Å². The largest absolute Gasteiger partial charge is 0.465 e. The molecule has 2 heterocycles. The van der Waals surface area contributed by atoms with Crippen molar-refractivity contribution in [1.29, 1.82) is 0 Å². The maximum Gasteiger partial charge on any atom is 0.418 e. The molecule has 0 N–H and O–H groups in total. The molecule has 0 radical (unpaired) electrons. The molecule has 0 aliphatic rings. The fourth-order valence-corrected chi connectivity index (χ4v) is 1.59. The summed E-state index contributed by atoms with van der Waals surface area (Å²) in [7, 11) is 1.21. The van der Waals surface area contributed by atoms with Crippen LogP contribution < -0.4 is 0 Å². The van der Waals surface area contributed by atoms with E-state index in [1.807, 2.05) is 0 Å². The van der Waals surface area contributed by atoms with Crippen LogP contribution in [-0.4, -0.2) is 17.5 Å². The van der Waals surface area contributed by atoms with E-state index in [1.165, 1.54) is 36.0 Å². The Bertz CT molecular complexity index is 572. The predicted octanol–water partition coefficient (Wildman–Crippen LogP) is 2.74. The number of rotatable bonds is 1. The smallest absolute Gasteiger partial charge is 0.418 e. The Labute approximate surface area is 94.4 Å². The maximum atomic E-state index is 12.6. The van der Waals surface area contributed by atoms with Gasteiger partial charge in [-0.05, 0) is 18.2 Å². The summed E-state index contributed by atoms with van der Waals surface area (Å²) < 4.78 is 43.4. The zero-order chi connectivity index (χ0) is 12.6. The third kappa shape index (κ3) is 1.98. The lowest BCUT2D eigenvalue weighted by Gasteiger charge is -2.05. The van der Waals surface area contributed by atoms with E-state index in [1.54, 1.807) is 0 Å². The molecule has 0 spiro atoms.